The Balaban J connectivity index is 1.26. The number of benzene rings is 1. The Bertz CT molecular complexity index is 792. The summed E-state index contributed by atoms with van der Waals surface area (Å²) in [6.45, 7) is 3.45. The summed E-state index contributed by atoms with van der Waals surface area (Å²) >= 11 is 0. The van der Waals surface area contributed by atoms with E-state index in [1.165, 1.54) is 12.0 Å². The normalized spacial score (nSPS) is 23.8. The molecule has 2 heterocycles. The van der Waals surface area contributed by atoms with Crippen LogP contribution in [0.4, 0.5) is 0 Å². The molecule has 2 aromatic rings. The first-order valence-corrected chi connectivity index (χ1v) is 10.8. The predicted octanol–water partition coefficient (Wildman–Crippen LogP) is 3.09. The van der Waals surface area contributed by atoms with E-state index in [1.54, 1.807) is 0 Å². The van der Waals surface area contributed by atoms with Gasteiger partial charge >= 0.3 is 0 Å². The van der Waals surface area contributed by atoms with Crippen molar-refractivity contribution in [1.29, 1.82) is 0 Å². The molecule has 0 radical (unpaired) electrons. The number of nitrogens with one attached hydrogen (secondary N) is 1. The molecule has 6 nitrogen and oxygen atoms in total. The van der Waals surface area contributed by atoms with Crippen molar-refractivity contribution >= 4 is 5.91 Å². The number of hydrogen-bond donors (Lipinski definition) is 1. The van der Waals surface area contributed by atoms with Crippen LogP contribution >= 0.6 is 0 Å². The predicted molar refractivity (Wildman–Crippen MR) is 112 cm³/mol. The molecular weight excluding hydrogens is 364 g/mol. The molecule has 6 heteroatoms. The van der Waals surface area contributed by atoms with Crippen LogP contribution in [0.15, 0.2) is 43.0 Å². The van der Waals surface area contributed by atoms with Crippen LogP contribution in [0, 0.1) is 11.8 Å². The van der Waals surface area contributed by atoms with E-state index in [4.69, 9.17) is 4.74 Å². The zero-order chi connectivity index (χ0) is 20.1. The lowest BCUT2D eigenvalue weighted by molar-refractivity contribution is -0.124. The van der Waals surface area contributed by atoms with Gasteiger partial charge in [0.2, 0.25) is 5.91 Å². The summed E-state index contributed by atoms with van der Waals surface area (Å²) < 4.78 is 8.22. The molecular formula is C23H32N4O2. The number of amides is 1. The van der Waals surface area contributed by atoms with E-state index >= 15 is 0 Å². The van der Waals surface area contributed by atoms with Crippen molar-refractivity contribution < 1.29 is 9.53 Å². The molecule has 1 aliphatic heterocycles. The van der Waals surface area contributed by atoms with Crippen molar-refractivity contribution in [1.82, 2.24) is 19.8 Å². The maximum atomic E-state index is 11.7. The molecule has 156 valence electrons. The Hall–Kier alpha value is -2.34. The van der Waals surface area contributed by atoms with Gasteiger partial charge in [-0.15, -0.1) is 0 Å². The highest BCUT2D eigenvalue weighted by Gasteiger charge is 2.39. The first kappa shape index (κ1) is 20.0. The fraction of sp³-hybridized carbons (Fsp3) is 0.565. The van der Waals surface area contributed by atoms with Crippen LogP contribution in [-0.2, 0) is 17.9 Å². The molecule has 29 heavy (non-hydrogen) atoms. The number of fused-ring (bicyclic) bond motifs is 1. The van der Waals surface area contributed by atoms with E-state index in [9.17, 15) is 4.79 Å². The van der Waals surface area contributed by atoms with E-state index in [2.05, 4.69) is 45.0 Å². The van der Waals surface area contributed by atoms with E-state index < -0.39 is 0 Å². The molecule has 1 N–H and O–H groups in total. The quantitative estimate of drug-likeness (QED) is 0.662. The first-order valence-electron chi connectivity index (χ1n) is 10.8. The van der Waals surface area contributed by atoms with E-state index in [0.717, 1.165) is 51.3 Å². The lowest BCUT2D eigenvalue weighted by atomic mass is 9.89. The highest BCUT2D eigenvalue weighted by molar-refractivity contribution is 5.77. The second kappa shape index (κ2) is 9.44. The molecule has 1 aromatic carbocycles. The number of aryl methyl sites for hydroxylation is 1. The van der Waals surface area contributed by atoms with Gasteiger partial charge in [0.25, 0.3) is 0 Å². The molecule has 2 aliphatic rings. The molecule has 4 rings (SSSR count). The number of hydrogen-bond acceptors (Lipinski definition) is 4. The Morgan fingerprint density at radius 1 is 1.24 bits per heavy atom. The number of unbranched alkanes of at least 4 members (excludes halogenated alkanes) is 1. The highest BCUT2D eigenvalue weighted by Crippen LogP contribution is 2.38. The van der Waals surface area contributed by atoms with Crippen LogP contribution in [0.1, 0.15) is 37.7 Å². The summed E-state index contributed by atoms with van der Waals surface area (Å²) in [6, 6.07) is 8.93. The van der Waals surface area contributed by atoms with Gasteiger partial charge in [0.1, 0.15) is 5.75 Å². The number of carbonyl (C=O) groups is 1. The molecule has 1 saturated heterocycles. The zero-order valence-corrected chi connectivity index (χ0v) is 17.3. The summed E-state index contributed by atoms with van der Waals surface area (Å²) in [7, 11) is 2.21. The maximum absolute atomic E-state index is 11.7. The minimum atomic E-state index is 0.223. The van der Waals surface area contributed by atoms with Crippen molar-refractivity contribution in [3.8, 4) is 5.75 Å². The third-order valence-corrected chi connectivity index (χ3v) is 6.47. The van der Waals surface area contributed by atoms with Crippen molar-refractivity contribution in [3.63, 3.8) is 0 Å². The van der Waals surface area contributed by atoms with Gasteiger partial charge in [-0.2, -0.15) is 0 Å². The monoisotopic (exact) mass is 396 g/mol. The van der Waals surface area contributed by atoms with Crippen molar-refractivity contribution in [3.05, 3.63) is 48.5 Å². The van der Waals surface area contributed by atoms with Crippen LogP contribution in [0.2, 0.25) is 0 Å². The molecule has 1 aliphatic carbocycles. The Morgan fingerprint density at radius 2 is 2.10 bits per heavy atom. The summed E-state index contributed by atoms with van der Waals surface area (Å²) in [5, 5.41) is 3.03. The number of imidazole rings is 1. The van der Waals surface area contributed by atoms with Crippen molar-refractivity contribution in [2.75, 3.05) is 20.2 Å². The minimum Gasteiger partial charge on any atom is -0.493 e. The van der Waals surface area contributed by atoms with Gasteiger partial charge in [0, 0.05) is 50.1 Å². The molecule has 0 unspecified atom stereocenters. The van der Waals surface area contributed by atoms with Gasteiger partial charge < -0.3 is 14.6 Å². The Kier molecular flexibility index (Phi) is 6.49. The molecule has 3 atom stereocenters. The number of carbonyl (C=O) groups excluding carboxylic acids is 1. The van der Waals surface area contributed by atoms with E-state index in [-0.39, 0.29) is 5.91 Å². The zero-order valence-electron chi connectivity index (χ0n) is 17.3. The summed E-state index contributed by atoms with van der Waals surface area (Å²) in [4.78, 5) is 18.2. The second-order valence-electron chi connectivity index (χ2n) is 8.53. The number of rotatable bonds is 9. The summed E-state index contributed by atoms with van der Waals surface area (Å²) in [6.07, 6.45) is 10.8. The fourth-order valence-corrected chi connectivity index (χ4v) is 4.77. The standard InChI is InChI=1S/C23H32N4O2/c1-26(21-12-19-14-23(28)25-15-20(19)13-21)16-18-6-2-3-7-22(18)29-11-5-4-9-27-10-8-24-17-27/h2-3,6-8,10,17,19-21H,4-5,9,11-16H2,1H3,(H,25,28)/t19-,20+,21-/m0/s1. The highest BCUT2D eigenvalue weighted by atomic mass is 16.5. The average Bonchev–Trinajstić information content (AvgIpc) is 3.38. The van der Waals surface area contributed by atoms with Crippen molar-refractivity contribution in [2.45, 2.75) is 51.2 Å². The second-order valence-corrected chi connectivity index (χ2v) is 8.53. The van der Waals surface area contributed by atoms with Crippen LogP contribution in [0.3, 0.4) is 0 Å². The number of aromatic nitrogens is 2. The summed E-state index contributed by atoms with van der Waals surface area (Å²) in [5.41, 5.74) is 1.24. The fourth-order valence-electron chi connectivity index (χ4n) is 4.77. The van der Waals surface area contributed by atoms with Gasteiger partial charge in [-0.3, -0.25) is 9.69 Å². The Morgan fingerprint density at radius 3 is 2.97 bits per heavy atom. The molecule has 0 bridgehead atoms. The largest absolute Gasteiger partial charge is 0.493 e. The minimum absolute atomic E-state index is 0.223. The van der Waals surface area contributed by atoms with Gasteiger partial charge in [0.05, 0.1) is 12.9 Å². The van der Waals surface area contributed by atoms with Crippen molar-refractivity contribution in [2.24, 2.45) is 11.8 Å². The molecule has 1 amide bonds. The third-order valence-electron chi connectivity index (χ3n) is 6.47. The molecule has 0 spiro atoms. The molecule has 2 fully saturated rings. The lowest BCUT2D eigenvalue weighted by Gasteiger charge is -2.25. The summed E-state index contributed by atoms with van der Waals surface area (Å²) in [5.74, 6) is 2.41. The number of ether oxygens (including phenoxy) is 1. The molecule has 1 saturated carbocycles. The van der Waals surface area contributed by atoms with Crippen LogP contribution in [-0.4, -0.2) is 46.6 Å². The topological polar surface area (TPSA) is 59.4 Å². The van der Waals surface area contributed by atoms with Crippen LogP contribution < -0.4 is 10.1 Å². The van der Waals surface area contributed by atoms with E-state index in [1.807, 2.05) is 24.8 Å². The molecule has 1 aromatic heterocycles. The van der Waals surface area contributed by atoms with Gasteiger partial charge in [-0.1, -0.05) is 18.2 Å². The number of nitrogens with zero attached hydrogens (tertiary/aromatic N) is 3. The van der Waals surface area contributed by atoms with E-state index in [0.29, 0.717) is 24.3 Å². The Labute approximate surface area is 173 Å². The maximum Gasteiger partial charge on any atom is 0.220 e. The van der Waals surface area contributed by atoms with Crippen LogP contribution in [0.25, 0.3) is 0 Å². The lowest BCUT2D eigenvalue weighted by Crippen LogP contribution is -2.38. The van der Waals surface area contributed by atoms with Crippen LogP contribution in [0.5, 0.6) is 5.75 Å². The van der Waals surface area contributed by atoms with Gasteiger partial charge in [-0.05, 0) is 50.6 Å². The smallest absolute Gasteiger partial charge is 0.220 e. The number of para-hydroxylation sites is 1. The SMILES string of the molecule is CN(Cc1ccccc1OCCCCn1ccnc1)[C@H]1C[C@H]2CC(=O)NC[C@H]2C1. The number of piperidine rings is 1. The first-order chi connectivity index (χ1) is 14.2. The van der Waals surface area contributed by atoms with Gasteiger partial charge in [0.15, 0.2) is 0 Å². The third kappa shape index (κ3) is 5.18. The van der Waals surface area contributed by atoms with Gasteiger partial charge in [-0.25, -0.2) is 4.98 Å². The average molecular weight is 397 g/mol.